The highest BCUT2D eigenvalue weighted by Crippen LogP contribution is 2.41. The van der Waals surface area contributed by atoms with Crippen LogP contribution in [0.5, 0.6) is 0 Å². The van der Waals surface area contributed by atoms with Gasteiger partial charge in [-0.15, -0.1) is 0 Å². The van der Waals surface area contributed by atoms with Crippen molar-refractivity contribution in [3.05, 3.63) is 59.4 Å². The maximum Gasteiger partial charge on any atom is 0.357 e. The van der Waals surface area contributed by atoms with Crippen LogP contribution in [0.1, 0.15) is 10.4 Å². The van der Waals surface area contributed by atoms with Crippen LogP contribution in [0.2, 0.25) is 0 Å². The molecule has 12 heteroatoms. The molecular formula is C16H9F7N2O2S. The highest BCUT2D eigenvalue weighted by Gasteiger charge is 2.42. The molecule has 150 valence electrons. The van der Waals surface area contributed by atoms with Crippen molar-refractivity contribution in [1.82, 2.24) is 0 Å². The minimum atomic E-state index is -4.52. The van der Waals surface area contributed by atoms with E-state index in [1.165, 1.54) is 0 Å². The van der Waals surface area contributed by atoms with Gasteiger partial charge in [-0.3, -0.25) is 4.79 Å². The van der Waals surface area contributed by atoms with Crippen molar-refractivity contribution in [3.63, 3.8) is 0 Å². The van der Waals surface area contributed by atoms with Crippen molar-refractivity contribution in [2.75, 3.05) is 4.90 Å². The van der Waals surface area contributed by atoms with Gasteiger partial charge in [0.2, 0.25) is 0 Å². The van der Waals surface area contributed by atoms with Crippen LogP contribution in [0.15, 0.2) is 41.3 Å². The molecule has 3 amide bonds. The molecule has 28 heavy (non-hydrogen) atoms. The van der Waals surface area contributed by atoms with Crippen molar-refractivity contribution in [2.24, 2.45) is 5.73 Å². The number of anilines is 1. The van der Waals surface area contributed by atoms with E-state index < -0.39 is 69.0 Å². The zero-order chi connectivity index (χ0) is 21.2. The van der Waals surface area contributed by atoms with Crippen molar-refractivity contribution >= 4 is 29.4 Å². The third-order valence-electron chi connectivity index (χ3n) is 3.27. The lowest BCUT2D eigenvalue weighted by Crippen LogP contribution is -2.42. The lowest BCUT2D eigenvalue weighted by Gasteiger charge is -2.21. The summed E-state index contributed by atoms with van der Waals surface area (Å²) in [5, 5.41) is -4.52. The second-order valence-corrected chi connectivity index (χ2v) is 6.37. The normalized spacial score (nSPS) is 11.6. The fourth-order valence-corrected chi connectivity index (χ4v) is 2.78. The molecule has 0 heterocycles. The number of hydrogen-bond donors (Lipinski definition) is 1. The van der Waals surface area contributed by atoms with Gasteiger partial charge in [0.15, 0.2) is 0 Å². The number of carbonyl (C=O) groups excluding carboxylic acids is 2. The number of imide groups is 1. The Balaban J connectivity index is 2.45. The summed E-state index contributed by atoms with van der Waals surface area (Å²) in [7, 11) is 0. The van der Waals surface area contributed by atoms with E-state index in [0.717, 1.165) is 6.07 Å². The Kier molecular flexibility index (Phi) is 6.22. The number of nitrogens with two attached hydrogens (primary N) is 1. The Labute approximate surface area is 157 Å². The monoisotopic (exact) mass is 426 g/mol. The summed E-state index contributed by atoms with van der Waals surface area (Å²) in [6, 6.07) is 2.39. The molecule has 2 aromatic carbocycles. The van der Waals surface area contributed by atoms with Crippen LogP contribution in [-0.4, -0.2) is 23.6 Å². The first-order chi connectivity index (χ1) is 13.0. The summed E-state index contributed by atoms with van der Waals surface area (Å²) in [6.07, 6.45) is -4.03. The predicted octanol–water partition coefficient (Wildman–Crippen LogP) is 4.78. The van der Waals surface area contributed by atoms with Crippen LogP contribution >= 0.6 is 11.8 Å². The summed E-state index contributed by atoms with van der Waals surface area (Å²) < 4.78 is 92.4. The lowest BCUT2D eigenvalue weighted by molar-refractivity contribution is -0.0563. The largest absolute Gasteiger partial charge is 0.357 e. The standard InChI is InChI=1S/C16H9F7N2O2S/c17-8-2-1-3-9(18)12(8)13(26)25(15(24)27)11-5-4-7(6-10(11)19)28-16(22,23)14(20)21/h1-6,14H,(H2,24,27). The van der Waals surface area contributed by atoms with Gasteiger partial charge in [-0.2, -0.15) is 8.78 Å². The second-order valence-electron chi connectivity index (χ2n) is 5.15. The molecule has 0 saturated carbocycles. The van der Waals surface area contributed by atoms with E-state index in [1.54, 1.807) is 0 Å². The summed E-state index contributed by atoms with van der Waals surface area (Å²) in [5.74, 6) is -5.86. The molecule has 0 spiro atoms. The van der Waals surface area contributed by atoms with Crippen LogP contribution in [0, 0.1) is 17.5 Å². The molecule has 2 N–H and O–H groups in total. The van der Waals surface area contributed by atoms with Crippen LogP contribution in [0.3, 0.4) is 0 Å². The van der Waals surface area contributed by atoms with E-state index in [2.05, 4.69) is 0 Å². The van der Waals surface area contributed by atoms with Gasteiger partial charge in [-0.25, -0.2) is 31.6 Å². The third kappa shape index (κ3) is 4.38. The first kappa shape index (κ1) is 21.5. The average molecular weight is 426 g/mol. The van der Waals surface area contributed by atoms with Gasteiger partial charge in [0.05, 0.1) is 5.69 Å². The summed E-state index contributed by atoms with van der Waals surface area (Å²) in [5.41, 5.74) is 2.87. The number of amides is 3. The van der Waals surface area contributed by atoms with E-state index in [1.807, 2.05) is 0 Å². The number of urea groups is 1. The number of primary amides is 1. The molecule has 4 nitrogen and oxygen atoms in total. The zero-order valence-corrected chi connectivity index (χ0v) is 14.3. The van der Waals surface area contributed by atoms with Crippen LogP contribution in [0.4, 0.5) is 41.2 Å². The van der Waals surface area contributed by atoms with E-state index in [4.69, 9.17) is 5.73 Å². The Morgan fingerprint density at radius 2 is 1.57 bits per heavy atom. The van der Waals surface area contributed by atoms with E-state index in [9.17, 15) is 40.3 Å². The number of rotatable bonds is 5. The minimum Gasteiger partial charge on any atom is -0.351 e. The number of nitrogens with zero attached hydrogens (tertiary/aromatic N) is 1. The molecule has 2 aromatic rings. The maximum atomic E-state index is 14.3. The van der Waals surface area contributed by atoms with Gasteiger partial charge in [0.1, 0.15) is 23.0 Å². The van der Waals surface area contributed by atoms with Gasteiger partial charge in [0.25, 0.3) is 5.91 Å². The molecule has 0 unspecified atom stereocenters. The Hall–Kier alpha value is -2.76. The summed E-state index contributed by atoms with van der Waals surface area (Å²) in [6.45, 7) is 0. The highest BCUT2D eigenvalue weighted by molar-refractivity contribution is 8.00. The molecule has 0 saturated heterocycles. The van der Waals surface area contributed by atoms with Crippen molar-refractivity contribution in [2.45, 2.75) is 16.6 Å². The molecule has 0 bridgehead atoms. The number of thioether (sulfide) groups is 1. The first-order valence-corrected chi connectivity index (χ1v) is 7.99. The quantitative estimate of drug-likeness (QED) is 0.553. The van der Waals surface area contributed by atoms with Gasteiger partial charge >= 0.3 is 17.7 Å². The third-order valence-corrected chi connectivity index (χ3v) is 4.21. The van der Waals surface area contributed by atoms with Gasteiger partial charge in [0, 0.05) is 4.90 Å². The second kappa shape index (κ2) is 8.09. The Bertz CT molecular complexity index is 904. The Morgan fingerprint density at radius 3 is 2.04 bits per heavy atom. The molecule has 0 aliphatic rings. The number of halogens is 7. The van der Waals surface area contributed by atoms with Crippen molar-refractivity contribution < 1.29 is 40.3 Å². The molecule has 0 atom stereocenters. The molecule has 0 aliphatic carbocycles. The van der Waals surface area contributed by atoms with E-state index >= 15 is 0 Å². The van der Waals surface area contributed by atoms with Crippen LogP contribution in [-0.2, 0) is 0 Å². The van der Waals surface area contributed by atoms with Crippen LogP contribution < -0.4 is 10.6 Å². The minimum absolute atomic E-state index is 0.115. The van der Waals surface area contributed by atoms with Gasteiger partial charge in [-0.05, 0) is 42.1 Å². The fourth-order valence-electron chi connectivity index (χ4n) is 2.08. The number of alkyl halides is 4. The van der Waals surface area contributed by atoms with Crippen LogP contribution in [0.25, 0.3) is 0 Å². The molecule has 0 radical (unpaired) electrons. The molecular weight excluding hydrogens is 417 g/mol. The zero-order valence-electron chi connectivity index (χ0n) is 13.4. The van der Waals surface area contributed by atoms with E-state index in [0.29, 0.717) is 30.3 Å². The predicted molar refractivity (Wildman–Crippen MR) is 86.0 cm³/mol. The van der Waals surface area contributed by atoms with E-state index in [-0.39, 0.29) is 4.90 Å². The molecule has 0 aliphatic heterocycles. The van der Waals surface area contributed by atoms with Gasteiger partial charge in [-0.1, -0.05) is 6.07 Å². The first-order valence-electron chi connectivity index (χ1n) is 7.18. The Morgan fingerprint density at radius 1 is 1.00 bits per heavy atom. The SMILES string of the molecule is NC(=O)N(C(=O)c1c(F)cccc1F)c1ccc(SC(F)(F)C(F)F)cc1F. The number of carbonyl (C=O) groups is 2. The van der Waals surface area contributed by atoms with Crippen molar-refractivity contribution in [3.8, 4) is 0 Å². The smallest absolute Gasteiger partial charge is 0.351 e. The summed E-state index contributed by atoms with van der Waals surface area (Å²) in [4.78, 5) is 23.2. The fraction of sp³-hybridized carbons (Fsp3) is 0.125. The van der Waals surface area contributed by atoms with Gasteiger partial charge < -0.3 is 5.73 Å². The maximum absolute atomic E-state index is 14.3. The topological polar surface area (TPSA) is 63.4 Å². The lowest BCUT2D eigenvalue weighted by atomic mass is 10.1. The molecule has 2 rings (SSSR count). The number of hydrogen-bond acceptors (Lipinski definition) is 3. The molecule has 0 fully saturated rings. The average Bonchev–Trinajstić information content (AvgIpc) is 2.56. The number of benzene rings is 2. The summed E-state index contributed by atoms with van der Waals surface area (Å²) >= 11 is -0.656. The van der Waals surface area contributed by atoms with Crippen molar-refractivity contribution in [1.29, 1.82) is 0 Å². The highest BCUT2D eigenvalue weighted by atomic mass is 32.2. The molecule has 0 aromatic heterocycles.